The number of carbonyl (C=O) groups excluding carboxylic acids is 1. The zero-order chi connectivity index (χ0) is 16.5. The SMILES string of the molecule is CCCCCCCCCCCCCCNC(=O)/C=C\C(=O)O. The van der Waals surface area contributed by atoms with Crippen LogP contribution >= 0.6 is 0 Å². The molecule has 4 heteroatoms. The molecule has 4 nitrogen and oxygen atoms in total. The van der Waals surface area contributed by atoms with Crippen LogP contribution in [0.2, 0.25) is 0 Å². The minimum absolute atomic E-state index is 0.328. The van der Waals surface area contributed by atoms with Crippen LogP contribution in [-0.4, -0.2) is 23.5 Å². The predicted molar refractivity (Wildman–Crippen MR) is 90.9 cm³/mol. The van der Waals surface area contributed by atoms with Crippen molar-refractivity contribution in [2.24, 2.45) is 0 Å². The fraction of sp³-hybridized carbons (Fsp3) is 0.778. The van der Waals surface area contributed by atoms with Gasteiger partial charge in [-0.1, -0.05) is 77.6 Å². The summed E-state index contributed by atoms with van der Waals surface area (Å²) in [6.07, 6.45) is 17.4. The van der Waals surface area contributed by atoms with Gasteiger partial charge in [-0.25, -0.2) is 4.79 Å². The molecule has 0 aliphatic rings. The third-order valence-electron chi connectivity index (χ3n) is 3.71. The summed E-state index contributed by atoms with van der Waals surface area (Å²) < 4.78 is 0. The number of hydrogen-bond donors (Lipinski definition) is 2. The van der Waals surface area contributed by atoms with Crippen LogP contribution in [0.25, 0.3) is 0 Å². The number of rotatable bonds is 15. The van der Waals surface area contributed by atoms with Crippen LogP contribution in [0.3, 0.4) is 0 Å². The first kappa shape index (κ1) is 20.7. The number of amides is 1. The van der Waals surface area contributed by atoms with Gasteiger partial charge in [0.2, 0.25) is 5.91 Å². The second kappa shape index (κ2) is 16.1. The summed E-state index contributed by atoms with van der Waals surface area (Å²) in [6.45, 7) is 2.87. The summed E-state index contributed by atoms with van der Waals surface area (Å²) in [5.74, 6) is -1.43. The summed E-state index contributed by atoms with van der Waals surface area (Å²) in [7, 11) is 0. The second-order valence-corrected chi connectivity index (χ2v) is 5.85. The standard InChI is InChI=1S/C18H33NO3/c1-2-3-4-5-6-7-8-9-10-11-12-13-16-19-17(20)14-15-18(21)22/h14-15H,2-13,16H2,1H3,(H,19,20)(H,21,22)/b15-14-. The van der Waals surface area contributed by atoms with Crippen molar-refractivity contribution >= 4 is 11.9 Å². The van der Waals surface area contributed by atoms with Crippen molar-refractivity contribution in [3.8, 4) is 0 Å². The molecule has 0 heterocycles. The lowest BCUT2D eigenvalue weighted by Crippen LogP contribution is -2.22. The fourth-order valence-electron chi connectivity index (χ4n) is 2.38. The van der Waals surface area contributed by atoms with Crippen molar-refractivity contribution in [2.45, 2.75) is 84.0 Å². The molecule has 0 unspecified atom stereocenters. The Balaban J connectivity index is 3.17. The molecule has 0 rings (SSSR count). The Hall–Kier alpha value is -1.32. The maximum Gasteiger partial charge on any atom is 0.328 e. The van der Waals surface area contributed by atoms with Crippen LogP contribution in [0.5, 0.6) is 0 Å². The van der Waals surface area contributed by atoms with Crippen LogP contribution in [-0.2, 0) is 9.59 Å². The highest BCUT2D eigenvalue weighted by Gasteiger charge is 1.97. The van der Waals surface area contributed by atoms with Crippen LogP contribution in [0.4, 0.5) is 0 Å². The fourth-order valence-corrected chi connectivity index (χ4v) is 2.38. The maximum atomic E-state index is 11.2. The van der Waals surface area contributed by atoms with E-state index in [0.717, 1.165) is 25.0 Å². The predicted octanol–water partition coefficient (Wildman–Crippen LogP) is 4.44. The second-order valence-electron chi connectivity index (χ2n) is 5.85. The highest BCUT2D eigenvalue weighted by Crippen LogP contribution is 2.11. The van der Waals surface area contributed by atoms with Crippen LogP contribution in [0, 0.1) is 0 Å². The zero-order valence-electron chi connectivity index (χ0n) is 14.1. The lowest BCUT2D eigenvalue weighted by atomic mass is 10.1. The van der Waals surface area contributed by atoms with Crippen molar-refractivity contribution in [3.63, 3.8) is 0 Å². The first-order chi connectivity index (χ1) is 10.7. The first-order valence-electron chi connectivity index (χ1n) is 8.85. The largest absolute Gasteiger partial charge is 0.478 e. The van der Waals surface area contributed by atoms with Crippen molar-refractivity contribution in [1.29, 1.82) is 0 Å². The average molecular weight is 311 g/mol. The first-order valence-corrected chi connectivity index (χ1v) is 8.85. The van der Waals surface area contributed by atoms with E-state index in [4.69, 9.17) is 5.11 Å². The van der Waals surface area contributed by atoms with Crippen molar-refractivity contribution in [1.82, 2.24) is 5.32 Å². The highest BCUT2D eigenvalue weighted by molar-refractivity contribution is 5.93. The number of nitrogens with one attached hydrogen (secondary N) is 1. The molecule has 0 aliphatic heterocycles. The number of unbranched alkanes of at least 4 members (excludes halogenated alkanes) is 11. The smallest absolute Gasteiger partial charge is 0.328 e. The molecule has 0 atom stereocenters. The molecule has 0 saturated carbocycles. The lowest BCUT2D eigenvalue weighted by Gasteiger charge is -2.03. The van der Waals surface area contributed by atoms with E-state index in [1.165, 1.54) is 64.2 Å². The molecule has 0 bridgehead atoms. The molecule has 2 N–H and O–H groups in total. The molecule has 1 amide bonds. The zero-order valence-corrected chi connectivity index (χ0v) is 14.1. The number of carbonyl (C=O) groups is 2. The van der Waals surface area contributed by atoms with E-state index < -0.39 is 5.97 Å². The van der Waals surface area contributed by atoms with Gasteiger partial charge in [0, 0.05) is 18.7 Å². The van der Waals surface area contributed by atoms with Gasteiger partial charge in [-0.15, -0.1) is 0 Å². The average Bonchev–Trinajstić information content (AvgIpc) is 2.49. The van der Waals surface area contributed by atoms with Gasteiger partial charge in [-0.3, -0.25) is 4.79 Å². The molecule has 0 aromatic heterocycles. The number of carboxylic acid groups (broad SMARTS) is 1. The summed E-state index contributed by atoms with van der Waals surface area (Å²) in [5.41, 5.74) is 0. The molecule has 0 aromatic carbocycles. The van der Waals surface area contributed by atoms with Gasteiger partial charge in [0.25, 0.3) is 0 Å². The molecule has 0 spiro atoms. The summed E-state index contributed by atoms with van der Waals surface area (Å²) in [6, 6.07) is 0. The molecule has 0 saturated heterocycles. The number of hydrogen-bond acceptors (Lipinski definition) is 2. The van der Waals surface area contributed by atoms with Gasteiger partial charge >= 0.3 is 5.97 Å². The molecule has 0 aromatic rings. The van der Waals surface area contributed by atoms with Crippen molar-refractivity contribution < 1.29 is 14.7 Å². The Morgan fingerprint density at radius 2 is 1.23 bits per heavy atom. The monoisotopic (exact) mass is 311 g/mol. The van der Waals surface area contributed by atoms with Crippen molar-refractivity contribution in [2.75, 3.05) is 6.54 Å². The van der Waals surface area contributed by atoms with E-state index in [1.807, 2.05) is 0 Å². The summed E-state index contributed by atoms with van der Waals surface area (Å²) >= 11 is 0. The molecule has 0 fully saturated rings. The normalized spacial score (nSPS) is 11.0. The maximum absolute atomic E-state index is 11.2. The Bertz CT molecular complexity index is 313. The number of carboxylic acids is 1. The molecule has 0 aliphatic carbocycles. The molecular weight excluding hydrogens is 278 g/mol. The van der Waals surface area contributed by atoms with Crippen LogP contribution in [0.1, 0.15) is 84.0 Å². The van der Waals surface area contributed by atoms with Gasteiger partial charge < -0.3 is 10.4 Å². The van der Waals surface area contributed by atoms with E-state index in [2.05, 4.69) is 12.2 Å². The third-order valence-corrected chi connectivity index (χ3v) is 3.71. The minimum atomic E-state index is -1.10. The van der Waals surface area contributed by atoms with E-state index in [1.54, 1.807) is 0 Å². The van der Waals surface area contributed by atoms with Gasteiger partial charge in [0.15, 0.2) is 0 Å². The topological polar surface area (TPSA) is 66.4 Å². The van der Waals surface area contributed by atoms with Gasteiger partial charge in [0.1, 0.15) is 0 Å². The Labute approximate surface area is 135 Å². The minimum Gasteiger partial charge on any atom is -0.478 e. The Morgan fingerprint density at radius 3 is 1.68 bits per heavy atom. The molecule has 128 valence electrons. The summed E-state index contributed by atoms with van der Waals surface area (Å²) in [5, 5.41) is 11.1. The van der Waals surface area contributed by atoms with Gasteiger partial charge in [-0.05, 0) is 6.42 Å². The lowest BCUT2D eigenvalue weighted by molar-refractivity contribution is -0.131. The van der Waals surface area contributed by atoms with Gasteiger partial charge in [0.05, 0.1) is 0 Å². The van der Waals surface area contributed by atoms with Crippen LogP contribution in [0.15, 0.2) is 12.2 Å². The van der Waals surface area contributed by atoms with Gasteiger partial charge in [-0.2, -0.15) is 0 Å². The highest BCUT2D eigenvalue weighted by atomic mass is 16.4. The van der Waals surface area contributed by atoms with E-state index in [-0.39, 0.29) is 5.91 Å². The quantitative estimate of drug-likeness (QED) is 0.347. The van der Waals surface area contributed by atoms with Crippen molar-refractivity contribution in [3.05, 3.63) is 12.2 Å². The van der Waals surface area contributed by atoms with E-state index in [0.29, 0.717) is 6.54 Å². The molecule has 22 heavy (non-hydrogen) atoms. The molecule has 0 radical (unpaired) electrons. The third kappa shape index (κ3) is 16.7. The molecular formula is C18H33NO3. The van der Waals surface area contributed by atoms with Crippen LogP contribution < -0.4 is 5.32 Å². The number of aliphatic carboxylic acids is 1. The Kier molecular flexibility index (Phi) is 15.1. The van der Waals surface area contributed by atoms with E-state index >= 15 is 0 Å². The summed E-state index contributed by atoms with van der Waals surface area (Å²) in [4.78, 5) is 21.4. The van der Waals surface area contributed by atoms with E-state index in [9.17, 15) is 9.59 Å². The Morgan fingerprint density at radius 1 is 0.773 bits per heavy atom.